The smallest absolute Gasteiger partial charge is 0.179 e. The minimum absolute atomic E-state index is 0.0459. The molecule has 0 aliphatic carbocycles. The second-order valence-corrected chi connectivity index (χ2v) is 9.82. The van der Waals surface area contributed by atoms with Crippen LogP contribution in [0.3, 0.4) is 0 Å². The summed E-state index contributed by atoms with van der Waals surface area (Å²) in [5.41, 5.74) is 3.55. The molecule has 5 rings (SSSR count). The average molecular weight is 420 g/mol. The van der Waals surface area contributed by atoms with Crippen molar-refractivity contribution in [2.45, 2.75) is 10.1 Å². The highest BCUT2D eigenvalue weighted by Crippen LogP contribution is 2.29. The molecule has 0 saturated heterocycles. The van der Waals surface area contributed by atoms with Crippen molar-refractivity contribution in [2.75, 3.05) is 11.5 Å². The quantitative estimate of drug-likeness (QED) is 0.308. The van der Waals surface area contributed by atoms with Crippen molar-refractivity contribution in [3.05, 3.63) is 78.9 Å². The van der Waals surface area contributed by atoms with Crippen LogP contribution in [0.1, 0.15) is 0 Å². The summed E-state index contributed by atoms with van der Waals surface area (Å²) in [7, 11) is -3.33. The van der Waals surface area contributed by atoms with Crippen LogP contribution in [0, 0.1) is 0 Å². The molecule has 7 heteroatoms. The van der Waals surface area contributed by atoms with Gasteiger partial charge in [-0.1, -0.05) is 54.2 Å². The van der Waals surface area contributed by atoms with E-state index in [0.717, 1.165) is 32.7 Å². The molecule has 0 saturated carbocycles. The van der Waals surface area contributed by atoms with Gasteiger partial charge in [-0.3, -0.25) is 4.40 Å². The monoisotopic (exact) mass is 419 g/mol. The maximum Gasteiger partial charge on any atom is 0.179 e. The lowest BCUT2D eigenvalue weighted by Gasteiger charge is -2.09. The number of fused-ring (bicyclic) bond motifs is 5. The molecule has 0 fully saturated rings. The fourth-order valence-electron chi connectivity index (χ4n) is 3.40. The maximum atomic E-state index is 12.6. The molecule has 29 heavy (non-hydrogen) atoms. The standard InChI is InChI=1S/C22H17N3O2S2/c26-29(27,16-8-2-1-3-9-16)15-14-28-22-24-18-11-5-4-10-17(18)21-23-19-12-6-7-13-20(19)25(21)22/h1-13H,14-15H2. The minimum Gasteiger partial charge on any atom is -0.271 e. The number of para-hydroxylation sites is 3. The number of aromatic nitrogens is 3. The van der Waals surface area contributed by atoms with Gasteiger partial charge in [-0.05, 0) is 36.4 Å². The predicted molar refractivity (Wildman–Crippen MR) is 117 cm³/mol. The van der Waals surface area contributed by atoms with Crippen molar-refractivity contribution < 1.29 is 8.42 Å². The third-order valence-electron chi connectivity index (χ3n) is 4.80. The van der Waals surface area contributed by atoms with Gasteiger partial charge in [0.25, 0.3) is 0 Å². The van der Waals surface area contributed by atoms with Gasteiger partial charge in [0.05, 0.1) is 27.2 Å². The first kappa shape index (κ1) is 18.1. The molecule has 0 spiro atoms. The number of imidazole rings is 1. The summed E-state index contributed by atoms with van der Waals surface area (Å²) < 4.78 is 27.2. The Labute approximate surface area is 172 Å². The lowest BCUT2D eigenvalue weighted by molar-refractivity contribution is 0.597. The fourth-order valence-corrected chi connectivity index (χ4v) is 6.08. The van der Waals surface area contributed by atoms with Crippen LogP contribution in [0.25, 0.3) is 27.6 Å². The Kier molecular flexibility index (Phi) is 4.49. The largest absolute Gasteiger partial charge is 0.271 e. The summed E-state index contributed by atoms with van der Waals surface area (Å²) in [6.45, 7) is 0. The Balaban J connectivity index is 1.55. The molecule has 0 aliphatic heterocycles. The summed E-state index contributed by atoms with van der Waals surface area (Å²) >= 11 is 1.44. The molecule has 0 atom stereocenters. The number of benzene rings is 3. The van der Waals surface area contributed by atoms with Gasteiger partial charge in [0.1, 0.15) is 5.65 Å². The summed E-state index contributed by atoms with van der Waals surface area (Å²) in [5, 5.41) is 1.72. The van der Waals surface area contributed by atoms with Crippen molar-refractivity contribution in [3.8, 4) is 0 Å². The van der Waals surface area contributed by atoms with E-state index in [-0.39, 0.29) is 5.75 Å². The number of nitrogens with zero attached hydrogens (tertiary/aromatic N) is 3. The molecule has 144 valence electrons. The van der Waals surface area contributed by atoms with Crippen molar-refractivity contribution >= 4 is 49.2 Å². The Morgan fingerprint density at radius 3 is 2.31 bits per heavy atom. The third kappa shape index (κ3) is 3.26. The van der Waals surface area contributed by atoms with Crippen molar-refractivity contribution in [1.29, 1.82) is 0 Å². The molecular weight excluding hydrogens is 402 g/mol. The molecule has 0 aliphatic rings. The van der Waals surface area contributed by atoms with Crippen LogP contribution >= 0.6 is 11.8 Å². The van der Waals surface area contributed by atoms with Crippen LogP contribution in [0.4, 0.5) is 0 Å². The van der Waals surface area contributed by atoms with Crippen LogP contribution < -0.4 is 0 Å². The number of sulfone groups is 1. The first-order valence-corrected chi connectivity index (χ1v) is 11.8. The zero-order chi connectivity index (χ0) is 19.8. The second-order valence-electron chi connectivity index (χ2n) is 6.65. The van der Waals surface area contributed by atoms with Gasteiger partial charge in [0.15, 0.2) is 15.0 Å². The van der Waals surface area contributed by atoms with Gasteiger partial charge in [-0.15, -0.1) is 0 Å². The molecular formula is C22H17N3O2S2. The van der Waals surface area contributed by atoms with Crippen LogP contribution in [0.2, 0.25) is 0 Å². The maximum absolute atomic E-state index is 12.6. The van der Waals surface area contributed by atoms with Crippen LogP contribution in [-0.2, 0) is 9.84 Å². The SMILES string of the molecule is O=S(=O)(CCSc1nc2ccccc2c2nc3ccccc3n12)c1ccccc1. The third-order valence-corrected chi connectivity index (χ3v) is 7.73. The van der Waals surface area contributed by atoms with Gasteiger partial charge < -0.3 is 0 Å². The van der Waals surface area contributed by atoms with E-state index < -0.39 is 9.84 Å². The van der Waals surface area contributed by atoms with E-state index in [1.165, 1.54) is 11.8 Å². The second kappa shape index (κ2) is 7.17. The lowest BCUT2D eigenvalue weighted by atomic mass is 10.2. The number of hydrogen-bond donors (Lipinski definition) is 0. The highest BCUT2D eigenvalue weighted by Gasteiger charge is 2.17. The Bertz CT molecular complexity index is 1450. The molecule has 0 unspecified atom stereocenters. The summed E-state index contributed by atoms with van der Waals surface area (Å²) in [6.07, 6.45) is 0. The Morgan fingerprint density at radius 1 is 0.793 bits per heavy atom. The topological polar surface area (TPSA) is 64.3 Å². The van der Waals surface area contributed by atoms with Gasteiger partial charge >= 0.3 is 0 Å². The fraction of sp³-hybridized carbons (Fsp3) is 0.0909. The molecule has 0 amide bonds. The molecule has 3 aromatic carbocycles. The van der Waals surface area contributed by atoms with Crippen LogP contribution in [0.5, 0.6) is 0 Å². The zero-order valence-electron chi connectivity index (χ0n) is 15.4. The van der Waals surface area contributed by atoms with Gasteiger partial charge in [0.2, 0.25) is 0 Å². The Morgan fingerprint density at radius 2 is 1.48 bits per heavy atom. The van der Waals surface area contributed by atoms with E-state index in [1.54, 1.807) is 24.3 Å². The highest BCUT2D eigenvalue weighted by molar-refractivity contribution is 8.00. The molecule has 2 heterocycles. The molecule has 0 N–H and O–H groups in total. The molecule has 5 nitrogen and oxygen atoms in total. The van der Waals surface area contributed by atoms with Crippen molar-refractivity contribution in [3.63, 3.8) is 0 Å². The van der Waals surface area contributed by atoms with E-state index in [9.17, 15) is 8.42 Å². The molecule has 5 aromatic rings. The normalized spacial score (nSPS) is 12.1. The molecule has 0 radical (unpaired) electrons. The van der Waals surface area contributed by atoms with E-state index in [1.807, 2.05) is 59.0 Å². The number of thioether (sulfide) groups is 1. The van der Waals surface area contributed by atoms with Crippen molar-refractivity contribution in [1.82, 2.24) is 14.4 Å². The van der Waals surface area contributed by atoms with E-state index >= 15 is 0 Å². The number of hydrogen-bond acceptors (Lipinski definition) is 5. The Hall–Kier alpha value is -2.90. The first-order valence-electron chi connectivity index (χ1n) is 9.20. The molecule has 2 aromatic heterocycles. The lowest BCUT2D eigenvalue weighted by Crippen LogP contribution is -2.09. The summed E-state index contributed by atoms with van der Waals surface area (Å²) in [4.78, 5) is 9.96. The average Bonchev–Trinajstić information content (AvgIpc) is 3.14. The van der Waals surface area contributed by atoms with Crippen molar-refractivity contribution in [2.24, 2.45) is 0 Å². The predicted octanol–water partition coefficient (Wildman–Crippen LogP) is 4.60. The van der Waals surface area contributed by atoms with Gasteiger partial charge in [-0.25, -0.2) is 18.4 Å². The minimum atomic E-state index is -3.33. The van der Waals surface area contributed by atoms with E-state index in [4.69, 9.17) is 9.97 Å². The van der Waals surface area contributed by atoms with E-state index in [0.29, 0.717) is 10.6 Å². The number of rotatable bonds is 5. The summed E-state index contributed by atoms with van der Waals surface area (Å²) in [5.74, 6) is 0.453. The zero-order valence-corrected chi connectivity index (χ0v) is 17.0. The van der Waals surface area contributed by atoms with Gasteiger partial charge in [-0.2, -0.15) is 0 Å². The summed E-state index contributed by atoms with van der Waals surface area (Å²) in [6, 6.07) is 24.4. The van der Waals surface area contributed by atoms with Gasteiger partial charge in [0, 0.05) is 11.1 Å². The van der Waals surface area contributed by atoms with Crippen LogP contribution in [-0.4, -0.2) is 34.3 Å². The first-order chi connectivity index (χ1) is 14.1. The van der Waals surface area contributed by atoms with E-state index in [2.05, 4.69) is 0 Å². The van der Waals surface area contributed by atoms with Crippen LogP contribution in [0.15, 0.2) is 88.9 Å². The highest BCUT2D eigenvalue weighted by atomic mass is 32.2. The molecule has 0 bridgehead atoms.